The minimum Gasteiger partial charge on any atom is -0.356 e. The Bertz CT molecular complexity index is 525. The lowest BCUT2D eigenvalue weighted by Gasteiger charge is -2.17. The van der Waals surface area contributed by atoms with Crippen LogP contribution in [0, 0.1) is 11.8 Å². The molecule has 0 radical (unpaired) electrons. The number of nitrogens with zero attached hydrogens (tertiary/aromatic N) is 1. The summed E-state index contributed by atoms with van der Waals surface area (Å²) in [4.78, 5) is 15.9. The van der Waals surface area contributed by atoms with Gasteiger partial charge in [-0.2, -0.15) is 0 Å². The average molecular weight is 460 g/mol. The van der Waals surface area contributed by atoms with E-state index in [4.69, 9.17) is 0 Å². The third-order valence-corrected chi connectivity index (χ3v) is 4.14. The van der Waals surface area contributed by atoms with E-state index in [-0.39, 0.29) is 35.8 Å². The number of carbonyl (C=O) groups is 1. The summed E-state index contributed by atoms with van der Waals surface area (Å²) in [6.45, 7) is 9.83. The quantitative estimate of drug-likeness (QED) is 0.312. The molecule has 0 heterocycles. The number of anilines is 1. The van der Waals surface area contributed by atoms with Crippen LogP contribution in [0.25, 0.3) is 0 Å². The summed E-state index contributed by atoms with van der Waals surface area (Å²) < 4.78 is 0. The molecule has 0 aromatic heterocycles. The number of benzene rings is 1. The van der Waals surface area contributed by atoms with Crippen molar-refractivity contribution in [2.24, 2.45) is 16.8 Å². The molecule has 0 aliphatic carbocycles. The van der Waals surface area contributed by atoms with Gasteiger partial charge in [0.25, 0.3) is 0 Å². The summed E-state index contributed by atoms with van der Waals surface area (Å²) in [5.41, 5.74) is 1.97. The van der Waals surface area contributed by atoms with Crippen LogP contribution >= 0.6 is 24.0 Å². The molecule has 0 saturated carbocycles. The summed E-state index contributed by atoms with van der Waals surface area (Å²) in [6, 6.07) is 7.88. The van der Waals surface area contributed by atoms with Gasteiger partial charge in [-0.15, -0.1) is 24.0 Å². The Morgan fingerprint density at radius 1 is 1.08 bits per heavy atom. The van der Waals surface area contributed by atoms with Crippen LogP contribution in [-0.4, -0.2) is 25.5 Å². The van der Waals surface area contributed by atoms with E-state index in [0.717, 1.165) is 23.8 Å². The summed E-state index contributed by atoms with van der Waals surface area (Å²) in [5.74, 6) is 1.51. The number of carbonyl (C=O) groups excluding carboxylic acids is 1. The molecule has 0 unspecified atom stereocenters. The van der Waals surface area contributed by atoms with Gasteiger partial charge in [-0.1, -0.05) is 52.7 Å². The number of hydrogen-bond donors (Lipinski definition) is 3. The van der Waals surface area contributed by atoms with Crippen molar-refractivity contribution in [3.63, 3.8) is 0 Å². The first-order chi connectivity index (χ1) is 11.5. The lowest BCUT2D eigenvalue weighted by Crippen LogP contribution is -2.39. The second-order valence-corrected chi connectivity index (χ2v) is 6.33. The molecule has 142 valence electrons. The van der Waals surface area contributed by atoms with Crippen molar-refractivity contribution in [2.75, 3.05) is 18.9 Å². The first-order valence-electron chi connectivity index (χ1n) is 8.84. The molecule has 1 aromatic carbocycles. The lowest BCUT2D eigenvalue weighted by molar-refractivity contribution is -0.118. The van der Waals surface area contributed by atoms with E-state index in [2.05, 4.69) is 34.8 Å². The Morgan fingerprint density at radius 3 is 2.16 bits per heavy atom. The average Bonchev–Trinajstić information content (AvgIpc) is 2.59. The first kappa shape index (κ1) is 23.7. The van der Waals surface area contributed by atoms with Crippen molar-refractivity contribution in [3.05, 3.63) is 29.8 Å². The zero-order valence-corrected chi connectivity index (χ0v) is 18.4. The van der Waals surface area contributed by atoms with Crippen LogP contribution in [0.5, 0.6) is 0 Å². The van der Waals surface area contributed by atoms with Crippen molar-refractivity contribution >= 4 is 41.5 Å². The van der Waals surface area contributed by atoms with E-state index >= 15 is 0 Å². The summed E-state index contributed by atoms with van der Waals surface area (Å²) in [7, 11) is 1.78. The number of halogens is 1. The Morgan fingerprint density at radius 2 is 1.68 bits per heavy atom. The van der Waals surface area contributed by atoms with Crippen LogP contribution in [0.15, 0.2) is 29.3 Å². The van der Waals surface area contributed by atoms with Crippen LogP contribution < -0.4 is 16.0 Å². The minimum atomic E-state index is -0.0178. The zero-order valence-electron chi connectivity index (χ0n) is 16.1. The minimum absolute atomic E-state index is 0. The highest BCUT2D eigenvalue weighted by Gasteiger charge is 2.07. The third kappa shape index (κ3) is 9.09. The largest absolute Gasteiger partial charge is 0.356 e. The number of amides is 1. The van der Waals surface area contributed by atoms with Gasteiger partial charge in [0.05, 0.1) is 0 Å². The monoisotopic (exact) mass is 460 g/mol. The molecule has 0 atom stereocenters. The Hall–Kier alpha value is -1.31. The second kappa shape index (κ2) is 13.0. The molecule has 0 saturated heterocycles. The van der Waals surface area contributed by atoms with Gasteiger partial charge in [0, 0.05) is 31.7 Å². The molecule has 1 amide bonds. The van der Waals surface area contributed by atoms with Crippen molar-refractivity contribution in [1.82, 2.24) is 10.6 Å². The van der Waals surface area contributed by atoms with Crippen LogP contribution in [-0.2, 0) is 11.3 Å². The van der Waals surface area contributed by atoms with Gasteiger partial charge < -0.3 is 16.0 Å². The molecule has 0 bridgehead atoms. The predicted octanol–water partition coefficient (Wildman–Crippen LogP) is 4.00. The summed E-state index contributed by atoms with van der Waals surface area (Å²) in [6.07, 6.45) is 2.34. The maximum Gasteiger partial charge on any atom is 0.226 e. The Labute approximate surface area is 169 Å². The van der Waals surface area contributed by atoms with E-state index in [1.54, 1.807) is 7.05 Å². The Balaban J connectivity index is 0.00000576. The molecular formula is C19H33IN4O. The van der Waals surface area contributed by atoms with Crippen molar-refractivity contribution < 1.29 is 4.79 Å². The zero-order chi connectivity index (χ0) is 17.9. The van der Waals surface area contributed by atoms with Gasteiger partial charge in [0.2, 0.25) is 5.91 Å². The topological polar surface area (TPSA) is 65.5 Å². The van der Waals surface area contributed by atoms with Gasteiger partial charge in [-0.05, 0) is 23.6 Å². The van der Waals surface area contributed by atoms with Crippen molar-refractivity contribution in [2.45, 2.75) is 47.1 Å². The fourth-order valence-corrected chi connectivity index (χ4v) is 2.22. The number of hydrogen-bond acceptors (Lipinski definition) is 2. The number of rotatable bonds is 8. The summed E-state index contributed by atoms with van der Waals surface area (Å²) in [5, 5.41) is 9.59. The van der Waals surface area contributed by atoms with Gasteiger partial charge in [-0.25, -0.2) is 0 Å². The SMILES string of the molecule is CCC(CC)CNC(=NC)NCc1ccc(NC(=O)C(C)C)cc1.I. The van der Waals surface area contributed by atoms with Gasteiger partial charge in [0.15, 0.2) is 5.96 Å². The standard InChI is InChI=1S/C19H32N4O.HI/c1-6-15(7-2)12-21-19(20-5)22-13-16-8-10-17(11-9-16)23-18(24)14(3)4;/h8-11,14-15H,6-7,12-13H2,1-5H3,(H,23,24)(H2,20,21,22);1H. The lowest BCUT2D eigenvalue weighted by atomic mass is 10.0. The van der Waals surface area contributed by atoms with E-state index < -0.39 is 0 Å². The number of nitrogens with one attached hydrogen (secondary N) is 3. The van der Waals surface area contributed by atoms with E-state index in [1.165, 1.54) is 12.8 Å². The normalized spacial score (nSPS) is 11.2. The summed E-state index contributed by atoms with van der Waals surface area (Å²) >= 11 is 0. The van der Waals surface area contributed by atoms with Gasteiger partial charge in [0.1, 0.15) is 0 Å². The molecule has 1 aromatic rings. The van der Waals surface area contributed by atoms with Crippen LogP contribution in [0.4, 0.5) is 5.69 Å². The molecule has 0 aliphatic heterocycles. The predicted molar refractivity (Wildman–Crippen MR) is 118 cm³/mol. The maximum atomic E-state index is 11.7. The van der Waals surface area contributed by atoms with Gasteiger partial charge >= 0.3 is 0 Å². The van der Waals surface area contributed by atoms with Crippen LogP contribution in [0.1, 0.15) is 46.1 Å². The maximum absolute atomic E-state index is 11.7. The van der Waals surface area contributed by atoms with Gasteiger partial charge in [-0.3, -0.25) is 9.79 Å². The van der Waals surface area contributed by atoms with E-state index in [9.17, 15) is 4.79 Å². The third-order valence-electron chi connectivity index (χ3n) is 4.14. The van der Waals surface area contributed by atoms with Crippen molar-refractivity contribution in [3.8, 4) is 0 Å². The van der Waals surface area contributed by atoms with E-state index in [1.807, 2.05) is 38.1 Å². The smallest absolute Gasteiger partial charge is 0.226 e. The Kier molecular flexibility index (Phi) is 12.3. The molecule has 0 spiro atoms. The highest BCUT2D eigenvalue weighted by Crippen LogP contribution is 2.11. The number of aliphatic imine (C=N–C) groups is 1. The van der Waals surface area contributed by atoms with Crippen LogP contribution in [0.3, 0.4) is 0 Å². The molecule has 1 rings (SSSR count). The molecule has 0 fully saturated rings. The van der Waals surface area contributed by atoms with Crippen LogP contribution in [0.2, 0.25) is 0 Å². The fraction of sp³-hybridized carbons (Fsp3) is 0.579. The molecule has 0 aliphatic rings. The highest BCUT2D eigenvalue weighted by atomic mass is 127. The molecular weight excluding hydrogens is 427 g/mol. The fourth-order valence-electron chi connectivity index (χ4n) is 2.22. The first-order valence-corrected chi connectivity index (χ1v) is 8.84. The molecule has 25 heavy (non-hydrogen) atoms. The van der Waals surface area contributed by atoms with E-state index in [0.29, 0.717) is 12.5 Å². The molecule has 6 heteroatoms. The van der Waals surface area contributed by atoms with Crippen molar-refractivity contribution in [1.29, 1.82) is 0 Å². The highest BCUT2D eigenvalue weighted by molar-refractivity contribution is 14.0. The number of guanidine groups is 1. The second-order valence-electron chi connectivity index (χ2n) is 6.33. The molecule has 3 N–H and O–H groups in total. The molecule has 5 nitrogen and oxygen atoms in total.